The molecule has 0 aromatic heterocycles. The van der Waals surface area contributed by atoms with Crippen molar-refractivity contribution in [1.29, 1.82) is 0 Å². The van der Waals surface area contributed by atoms with Crippen molar-refractivity contribution in [3.05, 3.63) is 0 Å². The topological polar surface area (TPSA) is 138 Å². The van der Waals surface area contributed by atoms with Gasteiger partial charge in [-0.15, -0.1) is 0 Å². The maximum absolute atomic E-state index is 9.10. The summed E-state index contributed by atoms with van der Waals surface area (Å²) in [6.45, 7) is 1.80. The number of aliphatic hydroxyl groups excluding tert-OH is 3. The van der Waals surface area contributed by atoms with Crippen LogP contribution < -0.4 is 0 Å². The molecular formula is C12H29O7P. The molecule has 7 nitrogen and oxygen atoms in total. The Morgan fingerprint density at radius 1 is 0.800 bits per heavy atom. The maximum atomic E-state index is 9.10. The highest BCUT2D eigenvalue weighted by atomic mass is 31.2. The van der Waals surface area contributed by atoms with Gasteiger partial charge in [0, 0.05) is 5.41 Å². The molecule has 0 aliphatic carbocycles. The van der Waals surface area contributed by atoms with Gasteiger partial charge in [0.2, 0.25) is 0 Å². The first-order valence-electron chi connectivity index (χ1n) is 6.85. The Morgan fingerprint density at radius 3 is 1.50 bits per heavy atom. The zero-order valence-electron chi connectivity index (χ0n) is 12.1. The smallest absolute Gasteiger partial charge is 0.396 e. The van der Waals surface area contributed by atoms with Crippen molar-refractivity contribution in [2.45, 2.75) is 51.9 Å². The van der Waals surface area contributed by atoms with Crippen LogP contribution in [-0.2, 0) is 4.57 Å². The fourth-order valence-electron chi connectivity index (χ4n) is 1.67. The van der Waals surface area contributed by atoms with Crippen molar-refractivity contribution >= 4 is 7.82 Å². The van der Waals surface area contributed by atoms with Gasteiger partial charge in [-0.3, -0.25) is 0 Å². The van der Waals surface area contributed by atoms with E-state index in [4.69, 9.17) is 34.6 Å². The van der Waals surface area contributed by atoms with Gasteiger partial charge in [0.15, 0.2) is 0 Å². The number of aliphatic hydroxyl groups is 3. The second-order valence-electron chi connectivity index (χ2n) is 5.01. The third kappa shape index (κ3) is 16.0. The summed E-state index contributed by atoms with van der Waals surface area (Å²) in [4.78, 5) is 21.6. The van der Waals surface area contributed by atoms with Gasteiger partial charge in [-0.1, -0.05) is 45.4 Å². The molecule has 0 bridgehead atoms. The lowest BCUT2D eigenvalue weighted by atomic mass is 9.85. The fourth-order valence-corrected chi connectivity index (χ4v) is 1.67. The lowest BCUT2D eigenvalue weighted by Gasteiger charge is -2.27. The van der Waals surface area contributed by atoms with Crippen LogP contribution in [0, 0.1) is 5.41 Å². The Labute approximate surface area is 120 Å². The molecule has 0 amide bonds. The van der Waals surface area contributed by atoms with Gasteiger partial charge >= 0.3 is 7.82 Å². The number of hydrogen-bond acceptors (Lipinski definition) is 4. The predicted octanol–water partition coefficient (Wildman–Crippen LogP) is 0.772. The molecule has 0 aliphatic rings. The lowest BCUT2D eigenvalue weighted by Crippen LogP contribution is -2.33. The number of rotatable bonds is 10. The molecule has 0 saturated carbocycles. The highest BCUT2D eigenvalue weighted by Gasteiger charge is 2.26. The minimum atomic E-state index is -4.64. The van der Waals surface area contributed by atoms with E-state index in [0.717, 1.165) is 12.8 Å². The summed E-state index contributed by atoms with van der Waals surface area (Å²) >= 11 is 0. The van der Waals surface area contributed by atoms with Crippen molar-refractivity contribution in [2.75, 3.05) is 19.8 Å². The molecule has 0 saturated heterocycles. The van der Waals surface area contributed by atoms with Crippen molar-refractivity contribution in [3.8, 4) is 0 Å². The van der Waals surface area contributed by atoms with Gasteiger partial charge in [-0.25, -0.2) is 4.57 Å². The molecule has 0 rings (SSSR count). The highest BCUT2D eigenvalue weighted by Crippen LogP contribution is 2.26. The van der Waals surface area contributed by atoms with E-state index in [2.05, 4.69) is 6.92 Å². The standard InChI is InChI=1S/C12H26O3.H3O4P/c1-2-3-4-5-6-7-8-12(9-13,10-14)11-15;1-5(2,3)4/h13-15H,2-11H2,1H3;(H3,1,2,3,4). The molecule has 0 spiro atoms. The van der Waals surface area contributed by atoms with Crippen LogP contribution in [0.15, 0.2) is 0 Å². The van der Waals surface area contributed by atoms with Crippen LogP contribution in [0.25, 0.3) is 0 Å². The zero-order chi connectivity index (χ0) is 16.1. The van der Waals surface area contributed by atoms with E-state index in [-0.39, 0.29) is 19.8 Å². The Morgan fingerprint density at radius 2 is 1.15 bits per heavy atom. The quantitative estimate of drug-likeness (QED) is 0.258. The third-order valence-electron chi connectivity index (χ3n) is 3.07. The molecule has 0 radical (unpaired) electrons. The van der Waals surface area contributed by atoms with E-state index in [0.29, 0.717) is 6.42 Å². The molecule has 0 atom stereocenters. The molecule has 20 heavy (non-hydrogen) atoms. The van der Waals surface area contributed by atoms with Crippen molar-refractivity contribution < 1.29 is 34.6 Å². The number of phosphoric acid groups is 1. The number of unbranched alkanes of at least 4 members (excludes halogenated alkanes) is 5. The molecular weight excluding hydrogens is 287 g/mol. The Kier molecular flexibility index (Phi) is 14.2. The van der Waals surface area contributed by atoms with Gasteiger partial charge in [-0.05, 0) is 6.42 Å². The van der Waals surface area contributed by atoms with E-state index in [1.807, 2.05) is 0 Å². The fraction of sp³-hybridized carbons (Fsp3) is 1.00. The minimum absolute atomic E-state index is 0.130. The highest BCUT2D eigenvalue weighted by molar-refractivity contribution is 7.45. The van der Waals surface area contributed by atoms with E-state index < -0.39 is 13.2 Å². The lowest BCUT2D eigenvalue weighted by molar-refractivity contribution is -0.00230. The van der Waals surface area contributed by atoms with E-state index >= 15 is 0 Å². The minimum Gasteiger partial charge on any atom is -0.396 e. The first kappa shape index (κ1) is 22.3. The molecule has 6 N–H and O–H groups in total. The second kappa shape index (κ2) is 12.7. The van der Waals surface area contributed by atoms with Gasteiger partial charge in [0.05, 0.1) is 19.8 Å². The van der Waals surface area contributed by atoms with E-state index in [1.54, 1.807) is 0 Å². The Bertz CT molecular complexity index is 234. The summed E-state index contributed by atoms with van der Waals surface area (Å²) in [5.74, 6) is 0. The van der Waals surface area contributed by atoms with Crippen LogP contribution >= 0.6 is 7.82 Å². The molecule has 0 heterocycles. The van der Waals surface area contributed by atoms with Crippen molar-refractivity contribution in [1.82, 2.24) is 0 Å². The van der Waals surface area contributed by atoms with Gasteiger partial charge in [0.1, 0.15) is 0 Å². The van der Waals surface area contributed by atoms with Crippen LogP contribution in [0.5, 0.6) is 0 Å². The summed E-state index contributed by atoms with van der Waals surface area (Å²) in [6.07, 6.45) is 7.82. The summed E-state index contributed by atoms with van der Waals surface area (Å²) in [7, 11) is -4.64. The molecule has 0 aromatic rings. The molecule has 124 valence electrons. The van der Waals surface area contributed by atoms with Crippen LogP contribution in [0.3, 0.4) is 0 Å². The molecule has 0 aromatic carbocycles. The summed E-state index contributed by atoms with van der Waals surface area (Å²) < 4.78 is 8.88. The zero-order valence-corrected chi connectivity index (χ0v) is 13.0. The average Bonchev–Trinajstić information content (AvgIpc) is 2.37. The Balaban J connectivity index is 0. The molecule has 0 unspecified atom stereocenters. The molecule has 8 heteroatoms. The SMILES string of the molecule is CCCCCCCCC(CO)(CO)CO.O=P(O)(O)O. The van der Waals surface area contributed by atoms with E-state index in [9.17, 15) is 0 Å². The second-order valence-corrected chi connectivity index (χ2v) is 6.03. The van der Waals surface area contributed by atoms with Crippen molar-refractivity contribution in [2.24, 2.45) is 5.41 Å². The maximum Gasteiger partial charge on any atom is 0.466 e. The largest absolute Gasteiger partial charge is 0.466 e. The van der Waals surface area contributed by atoms with Gasteiger partial charge in [0.25, 0.3) is 0 Å². The van der Waals surface area contributed by atoms with Crippen LogP contribution in [0.2, 0.25) is 0 Å². The first-order valence-corrected chi connectivity index (χ1v) is 8.42. The van der Waals surface area contributed by atoms with Gasteiger partial charge < -0.3 is 30.0 Å². The number of hydrogen-bond donors (Lipinski definition) is 6. The summed E-state index contributed by atoms with van der Waals surface area (Å²) in [5, 5.41) is 27.3. The molecule has 0 fully saturated rings. The normalized spacial score (nSPS) is 11.9. The summed E-state index contributed by atoms with van der Waals surface area (Å²) in [6, 6.07) is 0. The van der Waals surface area contributed by atoms with Crippen LogP contribution in [0.4, 0.5) is 0 Å². The summed E-state index contributed by atoms with van der Waals surface area (Å²) in [5.41, 5.74) is -0.662. The first-order chi connectivity index (χ1) is 9.24. The van der Waals surface area contributed by atoms with Crippen molar-refractivity contribution in [3.63, 3.8) is 0 Å². The van der Waals surface area contributed by atoms with Gasteiger partial charge in [-0.2, -0.15) is 0 Å². The van der Waals surface area contributed by atoms with E-state index in [1.165, 1.54) is 25.7 Å². The van der Waals surface area contributed by atoms with Crippen LogP contribution in [0.1, 0.15) is 51.9 Å². The monoisotopic (exact) mass is 316 g/mol. The molecule has 0 aliphatic heterocycles. The Hall–Kier alpha value is -0.0100. The predicted molar refractivity (Wildman–Crippen MR) is 75.9 cm³/mol. The van der Waals surface area contributed by atoms with Crippen LogP contribution in [-0.4, -0.2) is 49.8 Å². The average molecular weight is 316 g/mol. The third-order valence-corrected chi connectivity index (χ3v) is 3.07.